The highest BCUT2D eigenvalue weighted by atomic mass is 16.5. The van der Waals surface area contributed by atoms with Crippen LogP contribution < -0.4 is 15.5 Å². The third-order valence-electron chi connectivity index (χ3n) is 3.86. The third kappa shape index (κ3) is 5.93. The SMILES string of the molecule is O=C(COc1ccc(C=NNc2ccccc2C(=O)O)cc1)Nc1ccccc1. The minimum absolute atomic E-state index is 0.101. The first kappa shape index (κ1) is 19.6. The van der Waals surface area contributed by atoms with Gasteiger partial charge in [-0.2, -0.15) is 5.10 Å². The molecule has 0 heterocycles. The summed E-state index contributed by atoms with van der Waals surface area (Å²) in [5, 5.41) is 16.0. The van der Waals surface area contributed by atoms with Gasteiger partial charge in [0.1, 0.15) is 5.75 Å². The maximum Gasteiger partial charge on any atom is 0.337 e. The van der Waals surface area contributed by atoms with Crippen LogP contribution in [0.15, 0.2) is 84.0 Å². The highest BCUT2D eigenvalue weighted by Crippen LogP contribution is 2.15. The molecule has 0 aliphatic heterocycles. The van der Waals surface area contributed by atoms with E-state index in [0.29, 0.717) is 17.1 Å². The summed E-state index contributed by atoms with van der Waals surface area (Å²) in [4.78, 5) is 23.1. The Hall–Kier alpha value is -4.13. The van der Waals surface area contributed by atoms with Gasteiger partial charge in [0.05, 0.1) is 17.5 Å². The molecule has 146 valence electrons. The molecule has 0 atom stereocenters. The molecule has 0 unspecified atom stereocenters. The van der Waals surface area contributed by atoms with Crippen molar-refractivity contribution in [3.63, 3.8) is 0 Å². The molecular formula is C22H19N3O4. The monoisotopic (exact) mass is 389 g/mol. The summed E-state index contributed by atoms with van der Waals surface area (Å²) in [7, 11) is 0. The zero-order valence-corrected chi connectivity index (χ0v) is 15.4. The van der Waals surface area contributed by atoms with E-state index in [2.05, 4.69) is 15.8 Å². The van der Waals surface area contributed by atoms with E-state index in [1.54, 1.807) is 60.8 Å². The molecule has 3 aromatic rings. The van der Waals surface area contributed by atoms with Gasteiger partial charge in [-0.15, -0.1) is 0 Å². The summed E-state index contributed by atoms with van der Waals surface area (Å²) in [5.41, 5.74) is 4.77. The number of carbonyl (C=O) groups excluding carboxylic acids is 1. The Morgan fingerprint density at radius 1 is 0.931 bits per heavy atom. The van der Waals surface area contributed by atoms with Gasteiger partial charge in [-0.05, 0) is 54.1 Å². The van der Waals surface area contributed by atoms with E-state index in [1.807, 2.05) is 18.2 Å². The highest BCUT2D eigenvalue weighted by molar-refractivity contribution is 5.94. The van der Waals surface area contributed by atoms with Gasteiger partial charge in [-0.3, -0.25) is 10.2 Å². The molecule has 0 aromatic heterocycles. The van der Waals surface area contributed by atoms with Crippen molar-refractivity contribution in [2.45, 2.75) is 0 Å². The second kappa shape index (κ2) is 9.70. The van der Waals surface area contributed by atoms with Gasteiger partial charge in [-0.25, -0.2) is 4.79 Å². The van der Waals surface area contributed by atoms with E-state index < -0.39 is 5.97 Å². The Kier molecular flexibility index (Phi) is 6.57. The molecule has 0 spiro atoms. The van der Waals surface area contributed by atoms with Gasteiger partial charge in [-0.1, -0.05) is 30.3 Å². The van der Waals surface area contributed by atoms with Gasteiger partial charge in [0, 0.05) is 5.69 Å². The molecule has 7 nitrogen and oxygen atoms in total. The number of rotatable bonds is 8. The van der Waals surface area contributed by atoms with Crippen LogP contribution in [0.4, 0.5) is 11.4 Å². The molecule has 3 rings (SSSR count). The molecule has 0 saturated heterocycles. The summed E-state index contributed by atoms with van der Waals surface area (Å²) in [6.07, 6.45) is 1.56. The minimum atomic E-state index is -1.03. The zero-order chi connectivity index (χ0) is 20.5. The van der Waals surface area contributed by atoms with Crippen LogP contribution in [0.3, 0.4) is 0 Å². The van der Waals surface area contributed by atoms with E-state index in [-0.39, 0.29) is 18.1 Å². The van der Waals surface area contributed by atoms with E-state index in [9.17, 15) is 9.59 Å². The number of nitrogens with zero attached hydrogens (tertiary/aromatic N) is 1. The van der Waals surface area contributed by atoms with Crippen LogP contribution in [0.1, 0.15) is 15.9 Å². The topological polar surface area (TPSA) is 100 Å². The van der Waals surface area contributed by atoms with Crippen LogP contribution in [0.5, 0.6) is 5.75 Å². The molecule has 0 aliphatic carbocycles. The van der Waals surface area contributed by atoms with E-state index in [4.69, 9.17) is 9.84 Å². The van der Waals surface area contributed by atoms with Crippen molar-refractivity contribution in [1.29, 1.82) is 0 Å². The standard InChI is InChI=1S/C22H19N3O4/c26-21(24-17-6-2-1-3-7-17)15-29-18-12-10-16(11-13-18)14-23-25-20-9-5-4-8-19(20)22(27)28/h1-14,25H,15H2,(H,24,26)(H,27,28). The molecule has 0 bridgehead atoms. The molecule has 1 amide bonds. The molecular weight excluding hydrogens is 370 g/mol. The number of anilines is 2. The lowest BCUT2D eigenvalue weighted by atomic mass is 10.2. The third-order valence-corrected chi connectivity index (χ3v) is 3.86. The number of amides is 1. The number of hydrazone groups is 1. The molecule has 29 heavy (non-hydrogen) atoms. The summed E-state index contributed by atoms with van der Waals surface area (Å²) in [6, 6.07) is 22.7. The number of nitrogens with one attached hydrogen (secondary N) is 2. The minimum Gasteiger partial charge on any atom is -0.484 e. The van der Waals surface area contributed by atoms with Gasteiger partial charge in [0.2, 0.25) is 0 Å². The predicted molar refractivity (Wildman–Crippen MR) is 112 cm³/mol. The molecule has 0 fully saturated rings. The molecule has 0 radical (unpaired) electrons. The Bertz CT molecular complexity index is 1000. The Morgan fingerprint density at radius 3 is 2.34 bits per heavy atom. The smallest absolute Gasteiger partial charge is 0.337 e. The fourth-order valence-corrected chi connectivity index (χ4v) is 2.46. The van der Waals surface area contributed by atoms with Crippen molar-refractivity contribution < 1.29 is 19.4 Å². The number of carboxylic acid groups (broad SMARTS) is 1. The van der Waals surface area contributed by atoms with Crippen molar-refractivity contribution in [3.8, 4) is 5.75 Å². The van der Waals surface area contributed by atoms with Crippen LogP contribution in [-0.2, 0) is 4.79 Å². The maximum absolute atomic E-state index is 11.9. The van der Waals surface area contributed by atoms with Crippen molar-refractivity contribution in [3.05, 3.63) is 90.0 Å². The quantitative estimate of drug-likeness (QED) is 0.401. The second-order valence-corrected chi connectivity index (χ2v) is 5.99. The number of aromatic carboxylic acids is 1. The molecule has 0 saturated carbocycles. The molecule has 3 aromatic carbocycles. The largest absolute Gasteiger partial charge is 0.484 e. The van der Waals surface area contributed by atoms with Crippen molar-refractivity contribution in [2.24, 2.45) is 5.10 Å². The zero-order valence-electron chi connectivity index (χ0n) is 15.4. The van der Waals surface area contributed by atoms with Crippen LogP contribution in [0.25, 0.3) is 0 Å². The van der Waals surface area contributed by atoms with Gasteiger partial charge in [0.15, 0.2) is 6.61 Å². The predicted octanol–water partition coefficient (Wildman–Crippen LogP) is 3.85. The normalized spacial score (nSPS) is 10.5. The maximum atomic E-state index is 11.9. The number of para-hydroxylation sites is 2. The Morgan fingerprint density at radius 2 is 1.62 bits per heavy atom. The highest BCUT2D eigenvalue weighted by Gasteiger charge is 2.07. The first-order chi connectivity index (χ1) is 14.1. The number of carboxylic acids is 1. The number of hydrogen-bond acceptors (Lipinski definition) is 5. The average molecular weight is 389 g/mol. The number of hydrogen-bond donors (Lipinski definition) is 3. The van der Waals surface area contributed by atoms with Crippen molar-refractivity contribution in [1.82, 2.24) is 0 Å². The summed E-state index contributed by atoms with van der Waals surface area (Å²) in [5.74, 6) is -0.723. The Labute approximate surface area is 167 Å². The number of benzene rings is 3. The summed E-state index contributed by atoms with van der Waals surface area (Å²) >= 11 is 0. The van der Waals surface area contributed by atoms with Gasteiger partial charge in [0.25, 0.3) is 5.91 Å². The molecule has 0 aliphatic rings. The summed E-state index contributed by atoms with van der Waals surface area (Å²) < 4.78 is 5.47. The van der Waals surface area contributed by atoms with E-state index in [1.165, 1.54) is 6.07 Å². The molecule has 3 N–H and O–H groups in total. The Balaban J connectivity index is 1.50. The van der Waals surface area contributed by atoms with E-state index in [0.717, 1.165) is 5.56 Å². The fraction of sp³-hybridized carbons (Fsp3) is 0.0455. The number of carbonyl (C=O) groups is 2. The lowest BCUT2D eigenvalue weighted by Crippen LogP contribution is -2.20. The summed E-state index contributed by atoms with van der Waals surface area (Å²) in [6.45, 7) is -0.101. The van der Waals surface area contributed by atoms with Gasteiger partial charge < -0.3 is 15.2 Å². The first-order valence-corrected chi connectivity index (χ1v) is 8.81. The lowest BCUT2D eigenvalue weighted by Gasteiger charge is -2.07. The number of ether oxygens (including phenoxy) is 1. The lowest BCUT2D eigenvalue weighted by molar-refractivity contribution is -0.118. The average Bonchev–Trinajstić information content (AvgIpc) is 2.74. The second-order valence-electron chi connectivity index (χ2n) is 5.99. The van der Waals surface area contributed by atoms with Crippen LogP contribution >= 0.6 is 0 Å². The first-order valence-electron chi connectivity index (χ1n) is 8.81. The van der Waals surface area contributed by atoms with Crippen LogP contribution in [-0.4, -0.2) is 29.8 Å². The fourth-order valence-electron chi connectivity index (χ4n) is 2.46. The van der Waals surface area contributed by atoms with Gasteiger partial charge >= 0.3 is 5.97 Å². The van der Waals surface area contributed by atoms with Crippen LogP contribution in [0.2, 0.25) is 0 Å². The molecule has 7 heteroatoms. The van der Waals surface area contributed by atoms with Crippen molar-refractivity contribution in [2.75, 3.05) is 17.3 Å². The van der Waals surface area contributed by atoms with Crippen molar-refractivity contribution >= 4 is 29.5 Å². The van der Waals surface area contributed by atoms with Crippen LogP contribution in [0, 0.1) is 0 Å². The van der Waals surface area contributed by atoms with E-state index >= 15 is 0 Å².